The first-order valence-electron chi connectivity index (χ1n) is 9.94. The molecule has 0 aromatic heterocycles. The van der Waals surface area contributed by atoms with Crippen LogP contribution in [-0.4, -0.2) is 33.8 Å². The number of benzene rings is 1. The van der Waals surface area contributed by atoms with Crippen LogP contribution in [-0.2, 0) is 19.0 Å². The molecule has 4 fully saturated rings. The molecule has 0 unspecified atom stereocenters. The SMILES string of the molecule is [N-]=[N+]=CC(=O)C[C@]12CCC[C@H]1[C@@]13CCCC[C@@]1(O[C@H](c1ccccc1)O3)O2. The van der Waals surface area contributed by atoms with Crippen LogP contribution in [0.4, 0.5) is 0 Å². The second-order valence-corrected chi connectivity index (χ2v) is 8.33. The highest BCUT2D eigenvalue weighted by Crippen LogP contribution is 2.69. The summed E-state index contributed by atoms with van der Waals surface area (Å²) in [6.45, 7) is 0. The van der Waals surface area contributed by atoms with Crippen LogP contribution in [0, 0.1) is 5.92 Å². The van der Waals surface area contributed by atoms with E-state index in [2.05, 4.69) is 4.79 Å². The van der Waals surface area contributed by atoms with Crippen LogP contribution in [0.5, 0.6) is 0 Å². The lowest BCUT2D eigenvalue weighted by molar-refractivity contribution is -0.268. The third-order valence-corrected chi connectivity index (χ3v) is 6.97. The maximum absolute atomic E-state index is 12.3. The maximum atomic E-state index is 12.3. The number of ketones is 1. The van der Waals surface area contributed by atoms with Crippen molar-refractivity contribution >= 4 is 12.0 Å². The average Bonchev–Trinajstić information content (AvgIpc) is 3.27. The molecular formula is C21H24N2O4. The van der Waals surface area contributed by atoms with Crippen LogP contribution in [0.1, 0.15) is 63.2 Å². The summed E-state index contributed by atoms with van der Waals surface area (Å²) in [4.78, 5) is 15.2. The normalized spacial score (nSPS) is 42.1. The molecular weight excluding hydrogens is 344 g/mol. The lowest BCUT2D eigenvalue weighted by atomic mass is 9.69. The van der Waals surface area contributed by atoms with Gasteiger partial charge in [0.15, 0.2) is 6.29 Å². The number of carbonyl (C=O) groups is 1. The number of ether oxygens (including phenoxy) is 3. The summed E-state index contributed by atoms with van der Waals surface area (Å²) in [5.74, 6) is -0.878. The number of carbonyl (C=O) groups excluding carboxylic acids is 1. The van der Waals surface area contributed by atoms with Crippen LogP contribution in [0.2, 0.25) is 0 Å². The minimum atomic E-state index is -0.784. The summed E-state index contributed by atoms with van der Waals surface area (Å²) in [6.07, 6.45) is 7.34. The van der Waals surface area contributed by atoms with Gasteiger partial charge in [0.1, 0.15) is 5.60 Å². The van der Waals surface area contributed by atoms with Crippen molar-refractivity contribution in [2.24, 2.45) is 5.92 Å². The molecule has 0 N–H and O–H groups in total. The van der Waals surface area contributed by atoms with Gasteiger partial charge >= 0.3 is 6.21 Å². The van der Waals surface area contributed by atoms with Crippen LogP contribution >= 0.6 is 0 Å². The highest BCUT2D eigenvalue weighted by molar-refractivity contribution is 6.25. The smallest absolute Gasteiger partial charge is 0.323 e. The van der Waals surface area contributed by atoms with E-state index in [1.165, 1.54) is 0 Å². The van der Waals surface area contributed by atoms with E-state index >= 15 is 0 Å². The van der Waals surface area contributed by atoms with E-state index in [-0.39, 0.29) is 18.1 Å². The molecule has 2 aliphatic heterocycles. The van der Waals surface area contributed by atoms with Crippen molar-refractivity contribution in [2.45, 2.75) is 74.6 Å². The van der Waals surface area contributed by atoms with Crippen molar-refractivity contribution in [3.05, 3.63) is 41.4 Å². The zero-order chi connectivity index (χ0) is 18.5. The molecule has 2 heterocycles. The summed E-state index contributed by atoms with van der Waals surface area (Å²) < 4.78 is 19.9. The molecule has 1 aromatic rings. The molecule has 5 atom stereocenters. The molecule has 0 amide bonds. The van der Waals surface area contributed by atoms with Gasteiger partial charge in [0.05, 0.1) is 5.60 Å². The Bertz CT molecular complexity index is 808. The number of hydrogen-bond donors (Lipinski definition) is 0. The fourth-order valence-electron chi connectivity index (χ4n) is 6.08. The second-order valence-electron chi connectivity index (χ2n) is 8.33. The van der Waals surface area contributed by atoms with E-state index in [1.54, 1.807) is 0 Å². The Balaban J connectivity index is 1.53. The number of rotatable bonds is 4. The van der Waals surface area contributed by atoms with Gasteiger partial charge in [-0.25, -0.2) is 0 Å². The molecule has 6 heteroatoms. The molecule has 2 aliphatic carbocycles. The number of hydrogen-bond acceptors (Lipinski definition) is 4. The number of nitrogens with zero attached hydrogens (tertiary/aromatic N) is 2. The average molecular weight is 368 g/mol. The molecule has 0 bridgehead atoms. The zero-order valence-electron chi connectivity index (χ0n) is 15.3. The molecule has 1 aromatic carbocycles. The van der Waals surface area contributed by atoms with Gasteiger partial charge in [0.2, 0.25) is 11.6 Å². The van der Waals surface area contributed by atoms with Gasteiger partial charge in [-0.05, 0) is 25.7 Å². The Kier molecular flexibility index (Phi) is 3.89. The number of Topliss-reactive ketones (excluding diaryl/α,β-unsaturated/α-hetero) is 1. The largest absolute Gasteiger partial charge is 0.361 e. The van der Waals surface area contributed by atoms with E-state index in [0.717, 1.165) is 56.7 Å². The van der Waals surface area contributed by atoms with E-state index < -0.39 is 23.3 Å². The maximum Gasteiger partial charge on any atom is 0.323 e. The Hall–Kier alpha value is -1.85. The first-order valence-corrected chi connectivity index (χ1v) is 9.94. The topological polar surface area (TPSA) is 81.2 Å². The summed E-state index contributed by atoms with van der Waals surface area (Å²) in [5.41, 5.74) is 8.66. The lowest BCUT2D eigenvalue weighted by Gasteiger charge is -2.41. The Morgan fingerprint density at radius 3 is 2.78 bits per heavy atom. The highest BCUT2D eigenvalue weighted by atomic mass is 16.8. The fraction of sp³-hybridized carbons (Fsp3) is 0.619. The van der Waals surface area contributed by atoms with Crippen molar-refractivity contribution in [2.75, 3.05) is 0 Å². The molecule has 2 saturated heterocycles. The van der Waals surface area contributed by atoms with Crippen LogP contribution in [0.15, 0.2) is 30.3 Å². The van der Waals surface area contributed by atoms with Crippen molar-refractivity contribution in [1.82, 2.24) is 0 Å². The van der Waals surface area contributed by atoms with E-state index in [0.29, 0.717) is 0 Å². The first-order chi connectivity index (χ1) is 13.1. The van der Waals surface area contributed by atoms with Crippen LogP contribution < -0.4 is 0 Å². The Morgan fingerprint density at radius 1 is 1.15 bits per heavy atom. The summed E-state index contributed by atoms with van der Waals surface area (Å²) in [5, 5.41) is 0. The number of fused-ring (bicyclic) bond motifs is 1. The highest BCUT2D eigenvalue weighted by Gasteiger charge is 2.78. The summed E-state index contributed by atoms with van der Waals surface area (Å²) in [6, 6.07) is 10.0. The van der Waals surface area contributed by atoms with E-state index in [4.69, 9.17) is 19.7 Å². The van der Waals surface area contributed by atoms with E-state index in [1.807, 2.05) is 30.3 Å². The molecule has 27 heavy (non-hydrogen) atoms. The van der Waals surface area contributed by atoms with Gasteiger partial charge in [-0.1, -0.05) is 43.2 Å². The van der Waals surface area contributed by atoms with E-state index in [9.17, 15) is 4.79 Å². The molecule has 4 aliphatic rings. The van der Waals surface area contributed by atoms with Crippen LogP contribution in [0.3, 0.4) is 0 Å². The van der Waals surface area contributed by atoms with Crippen molar-refractivity contribution in [1.29, 1.82) is 0 Å². The quantitative estimate of drug-likeness (QED) is 0.462. The third-order valence-electron chi connectivity index (χ3n) is 6.97. The predicted octanol–water partition coefficient (Wildman–Crippen LogP) is 3.57. The van der Waals surface area contributed by atoms with Crippen molar-refractivity contribution in [3.63, 3.8) is 0 Å². The van der Waals surface area contributed by atoms with Crippen molar-refractivity contribution in [3.8, 4) is 0 Å². The molecule has 142 valence electrons. The van der Waals surface area contributed by atoms with Gasteiger partial charge in [-0.15, -0.1) is 0 Å². The van der Waals surface area contributed by atoms with Gasteiger partial charge in [0, 0.05) is 24.3 Å². The molecule has 2 saturated carbocycles. The van der Waals surface area contributed by atoms with Gasteiger partial charge < -0.3 is 19.7 Å². The Morgan fingerprint density at radius 2 is 1.96 bits per heavy atom. The molecule has 6 nitrogen and oxygen atoms in total. The molecule has 0 radical (unpaired) electrons. The van der Waals surface area contributed by atoms with Crippen molar-refractivity contribution < 1.29 is 23.8 Å². The third kappa shape index (κ3) is 2.34. The summed E-state index contributed by atoms with van der Waals surface area (Å²) >= 11 is 0. The van der Waals surface area contributed by atoms with Crippen LogP contribution in [0.25, 0.3) is 5.53 Å². The van der Waals surface area contributed by atoms with Gasteiger partial charge in [-0.2, -0.15) is 4.79 Å². The minimum Gasteiger partial charge on any atom is -0.361 e. The zero-order valence-corrected chi connectivity index (χ0v) is 15.3. The fourth-order valence-corrected chi connectivity index (χ4v) is 6.08. The monoisotopic (exact) mass is 368 g/mol. The lowest BCUT2D eigenvalue weighted by Crippen LogP contribution is -2.53. The molecule has 5 rings (SSSR count). The molecule has 0 spiro atoms. The standard InChI is InChI=1S/C21H24N2O4/c22-23-14-16(24)13-19-10-6-9-17(19)20-11-4-5-12-21(20,27-19)26-18(25-20)15-7-2-1-3-8-15/h1-3,7-8,14,17-18H,4-6,9-13H2/t17-,18-,19-,20+,21-/m1/s1. The minimum absolute atomic E-state index is 0.120. The van der Waals surface area contributed by atoms with Gasteiger partial charge in [-0.3, -0.25) is 4.79 Å². The van der Waals surface area contributed by atoms with Gasteiger partial charge in [0.25, 0.3) is 0 Å². The summed E-state index contributed by atoms with van der Waals surface area (Å²) in [7, 11) is 0. The predicted molar refractivity (Wildman–Crippen MR) is 95.7 cm³/mol. The Labute approximate surface area is 158 Å². The second kappa shape index (κ2) is 6.08. The first kappa shape index (κ1) is 17.3.